The van der Waals surface area contributed by atoms with Crippen molar-refractivity contribution in [3.8, 4) is 11.8 Å². The molecule has 0 saturated carbocycles. The summed E-state index contributed by atoms with van der Waals surface area (Å²) >= 11 is 5.84. The molecule has 0 saturated heterocycles. The van der Waals surface area contributed by atoms with E-state index in [1.807, 2.05) is 13.8 Å². The topological polar surface area (TPSA) is 79.2 Å². The summed E-state index contributed by atoms with van der Waals surface area (Å²) in [5.41, 5.74) is -0.656. The van der Waals surface area contributed by atoms with E-state index in [0.29, 0.717) is 10.6 Å². The summed E-state index contributed by atoms with van der Waals surface area (Å²) in [5.74, 6) is -0.399. The molecule has 0 heterocycles. The highest BCUT2D eigenvalue weighted by Crippen LogP contribution is 2.23. The zero-order valence-corrected chi connectivity index (χ0v) is 13.8. The van der Waals surface area contributed by atoms with Gasteiger partial charge in [0.15, 0.2) is 12.4 Å². The number of nitrogens with one attached hydrogen (secondary N) is 1. The minimum Gasteiger partial charge on any atom is -0.483 e. The smallest absolute Gasteiger partial charge is 0.259 e. The highest BCUT2D eigenvalue weighted by atomic mass is 35.5. The molecule has 0 aliphatic heterocycles. The zero-order chi connectivity index (χ0) is 16.9. The third-order valence-electron chi connectivity index (χ3n) is 3.47. The summed E-state index contributed by atoms with van der Waals surface area (Å²) in [7, 11) is 0. The van der Waals surface area contributed by atoms with E-state index in [0.717, 1.165) is 0 Å². The number of halogens is 1. The third kappa shape index (κ3) is 4.47. The highest BCUT2D eigenvalue weighted by molar-refractivity contribution is 6.31. The van der Waals surface area contributed by atoms with Gasteiger partial charge in [0.1, 0.15) is 11.3 Å². The predicted octanol–water partition coefficient (Wildman–Crippen LogP) is 2.98. The van der Waals surface area contributed by atoms with E-state index in [1.54, 1.807) is 13.0 Å². The fraction of sp³-hybridized carbons (Fsp3) is 0.438. The van der Waals surface area contributed by atoms with Crippen molar-refractivity contribution in [1.82, 2.24) is 5.32 Å². The highest BCUT2D eigenvalue weighted by Gasteiger charge is 2.30. The Labute approximate surface area is 135 Å². The van der Waals surface area contributed by atoms with Crippen LogP contribution < -0.4 is 10.1 Å². The summed E-state index contributed by atoms with van der Waals surface area (Å²) in [6, 6.07) is 6.69. The molecule has 5 nitrogen and oxygen atoms in total. The average molecular weight is 323 g/mol. The van der Waals surface area contributed by atoms with Crippen LogP contribution in [0.2, 0.25) is 5.02 Å². The van der Waals surface area contributed by atoms with Gasteiger partial charge in [-0.15, -0.1) is 0 Å². The summed E-state index contributed by atoms with van der Waals surface area (Å²) < 4.78 is 5.38. The SMILES string of the molecule is CC(=O)c1cc(Cl)ccc1OCC(=O)N[C@@](C)(C#N)C(C)C. The summed E-state index contributed by atoms with van der Waals surface area (Å²) in [6.07, 6.45) is 0. The Morgan fingerprint density at radius 1 is 1.45 bits per heavy atom. The second-order valence-corrected chi connectivity index (χ2v) is 5.94. The molecule has 6 heteroatoms. The van der Waals surface area contributed by atoms with E-state index in [1.165, 1.54) is 19.1 Å². The largest absolute Gasteiger partial charge is 0.483 e. The minimum absolute atomic E-state index is 0.0511. The van der Waals surface area contributed by atoms with E-state index in [2.05, 4.69) is 11.4 Å². The first-order valence-corrected chi connectivity index (χ1v) is 7.23. The van der Waals surface area contributed by atoms with Crippen LogP contribution in [0.5, 0.6) is 5.75 Å². The first-order chi connectivity index (χ1) is 10.2. The van der Waals surface area contributed by atoms with Gasteiger partial charge in [-0.3, -0.25) is 9.59 Å². The Morgan fingerprint density at radius 3 is 2.59 bits per heavy atom. The second kappa shape index (κ2) is 7.28. The molecule has 22 heavy (non-hydrogen) atoms. The van der Waals surface area contributed by atoms with E-state index in [-0.39, 0.29) is 24.1 Å². The lowest BCUT2D eigenvalue weighted by atomic mass is 9.90. The standard InChI is InChI=1S/C16H19ClN2O3/c1-10(2)16(4,9-18)19-15(21)8-22-14-6-5-12(17)7-13(14)11(3)20/h5-7,10H,8H2,1-4H3,(H,19,21)/t16-/m0/s1. The van der Waals surface area contributed by atoms with Gasteiger partial charge in [0.25, 0.3) is 5.91 Å². The predicted molar refractivity (Wildman–Crippen MR) is 84.0 cm³/mol. The van der Waals surface area contributed by atoms with Gasteiger partial charge in [-0.1, -0.05) is 25.4 Å². The molecule has 1 amide bonds. The second-order valence-electron chi connectivity index (χ2n) is 5.50. The van der Waals surface area contributed by atoms with Gasteiger partial charge in [0.2, 0.25) is 0 Å². The lowest BCUT2D eigenvalue weighted by molar-refractivity contribution is -0.124. The molecule has 1 rings (SSSR count). The van der Waals surface area contributed by atoms with Crippen LogP contribution in [-0.4, -0.2) is 23.8 Å². The van der Waals surface area contributed by atoms with Crippen molar-refractivity contribution in [2.75, 3.05) is 6.61 Å². The Hall–Kier alpha value is -2.06. The molecule has 1 atom stereocenters. The van der Waals surface area contributed by atoms with Crippen LogP contribution in [0.4, 0.5) is 0 Å². The summed E-state index contributed by atoms with van der Waals surface area (Å²) in [4.78, 5) is 23.5. The van der Waals surface area contributed by atoms with Crippen LogP contribution in [0.25, 0.3) is 0 Å². The molecule has 118 valence electrons. The third-order valence-corrected chi connectivity index (χ3v) is 3.70. The molecule has 1 aromatic carbocycles. The zero-order valence-electron chi connectivity index (χ0n) is 13.1. The normalized spacial score (nSPS) is 13.1. The molecule has 0 bridgehead atoms. The quantitative estimate of drug-likeness (QED) is 0.816. The van der Waals surface area contributed by atoms with Crippen molar-refractivity contribution < 1.29 is 14.3 Å². The number of carbonyl (C=O) groups is 2. The Bertz CT molecular complexity index is 622. The monoisotopic (exact) mass is 322 g/mol. The first kappa shape index (κ1) is 18.0. The molecule has 0 aromatic heterocycles. The number of Topliss-reactive ketones (excluding diaryl/α,β-unsaturated/α-hetero) is 1. The summed E-state index contributed by atoms with van der Waals surface area (Å²) in [6.45, 7) is 6.45. The maximum Gasteiger partial charge on any atom is 0.259 e. The van der Waals surface area contributed by atoms with Crippen molar-refractivity contribution in [2.24, 2.45) is 5.92 Å². The van der Waals surface area contributed by atoms with E-state index in [4.69, 9.17) is 16.3 Å². The fourth-order valence-corrected chi connectivity index (χ4v) is 1.85. The Balaban J connectivity index is 2.77. The van der Waals surface area contributed by atoms with Crippen molar-refractivity contribution in [1.29, 1.82) is 5.26 Å². The van der Waals surface area contributed by atoms with E-state index < -0.39 is 11.4 Å². The lowest BCUT2D eigenvalue weighted by Gasteiger charge is -2.27. The Kier molecular flexibility index (Phi) is 5.95. The number of nitrogens with zero attached hydrogens (tertiary/aromatic N) is 1. The first-order valence-electron chi connectivity index (χ1n) is 6.85. The number of benzene rings is 1. The van der Waals surface area contributed by atoms with Gasteiger partial charge in [0, 0.05) is 5.02 Å². The van der Waals surface area contributed by atoms with Crippen molar-refractivity contribution in [2.45, 2.75) is 33.2 Å². The lowest BCUT2D eigenvalue weighted by Crippen LogP contribution is -2.50. The molecule has 0 aliphatic rings. The Morgan fingerprint density at radius 2 is 2.09 bits per heavy atom. The molecule has 0 aliphatic carbocycles. The van der Waals surface area contributed by atoms with Gasteiger partial charge in [0.05, 0.1) is 11.6 Å². The maximum atomic E-state index is 11.9. The summed E-state index contributed by atoms with van der Waals surface area (Å²) in [5, 5.41) is 12.2. The number of nitriles is 1. The minimum atomic E-state index is -0.968. The van der Waals surface area contributed by atoms with E-state index in [9.17, 15) is 14.9 Å². The molecule has 1 aromatic rings. The molecule has 0 spiro atoms. The van der Waals surface area contributed by atoms with Crippen LogP contribution in [0.3, 0.4) is 0 Å². The molecule has 0 unspecified atom stereocenters. The fourth-order valence-electron chi connectivity index (χ4n) is 1.67. The number of ketones is 1. The maximum absolute atomic E-state index is 11.9. The van der Waals surface area contributed by atoms with Crippen LogP contribution in [-0.2, 0) is 4.79 Å². The number of rotatable bonds is 6. The number of carbonyl (C=O) groups excluding carboxylic acids is 2. The van der Waals surface area contributed by atoms with Crippen molar-refractivity contribution in [3.05, 3.63) is 28.8 Å². The van der Waals surface area contributed by atoms with Crippen LogP contribution in [0.15, 0.2) is 18.2 Å². The molecule has 0 fully saturated rings. The number of amides is 1. The molecular formula is C16H19ClN2O3. The molecular weight excluding hydrogens is 304 g/mol. The van der Waals surface area contributed by atoms with Gasteiger partial charge < -0.3 is 10.1 Å². The molecule has 1 N–H and O–H groups in total. The van der Waals surface area contributed by atoms with Crippen molar-refractivity contribution >= 4 is 23.3 Å². The number of ether oxygens (including phenoxy) is 1. The van der Waals surface area contributed by atoms with Gasteiger partial charge in [-0.25, -0.2) is 0 Å². The molecule has 0 radical (unpaired) electrons. The van der Waals surface area contributed by atoms with Gasteiger partial charge in [-0.2, -0.15) is 5.26 Å². The van der Waals surface area contributed by atoms with Gasteiger partial charge in [-0.05, 0) is 38.0 Å². The number of hydrogen-bond acceptors (Lipinski definition) is 4. The number of hydrogen-bond donors (Lipinski definition) is 1. The van der Waals surface area contributed by atoms with Gasteiger partial charge >= 0.3 is 0 Å². The van der Waals surface area contributed by atoms with E-state index >= 15 is 0 Å². The van der Waals surface area contributed by atoms with Crippen LogP contribution >= 0.6 is 11.6 Å². The average Bonchev–Trinajstić information content (AvgIpc) is 2.45. The van der Waals surface area contributed by atoms with Crippen molar-refractivity contribution in [3.63, 3.8) is 0 Å². The van der Waals surface area contributed by atoms with Crippen LogP contribution in [0, 0.1) is 17.2 Å². The van der Waals surface area contributed by atoms with Crippen LogP contribution in [0.1, 0.15) is 38.1 Å².